The van der Waals surface area contributed by atoms with Crippen LogP contribution < -0.4 is 5.32 Å². The van der Waals surface area contributed by atoms with Crippen LogP contribution in [0.1, 0.15) is 86.8 Å². The molecule has 0 bridgehead atoms. The van der Waals surface area contributed by atoms with E-state index in [0.29, 0.717) is 5.92 Å². The Hall–Kier alpha value is -1.08. The first-order chi connectivity index (χ1) is 11.4. The first kappa shape index (κ1) is 15.4. The normalized spacial score (nSPS) is 25.1. The number of hydrogen-bond acceptors (Lipinski definition) is 1. The van der Waals surface area contributed by atoms with Crippen LogP contribution in [0.2, 0.25) is 0 Å². The van der Waals surface area contributed by atoms with Crippen molar-refractivity contribution in [3.63, 3.8) is 0 Å². The van der Waals surface area contributed by atoms with Crippen molar-refractivity contribution in [2.45, 2.75) is 70.1 Å². The highest BCUT2D eigenvalue weighted by atomic mass is 14.8. The molecule has 0 spiro atoms. The van der Waals surface area contributed by atoms with Crippen LogP contribution in [0.3, 0.4) is 0 Å². The van der Waals surface area contributed by atoms with E-state index in [1.165, 1.54) is 51.4 Å². The standard InChI is InChI=1S/C22H31N/c1-2-23-15-18-14-21(17-10-5-6-11-17)22-19(12-7-13-20(18)22)16-8-3-4-9-16/h7,12-14,16-18,23H,2-6,8-11,15H2,1H3. The number of hydrogen-bond donors (Lipinski definition) is 1. The molecule has 1 N–H and O–H groups in total. The molecule has 3 aliphatic rings. The molecule has 0 heterocycles. The number of benzene rings is 1. The summed E-state index contributed by atoms with van der Waals surface area (Å²) in [7, 11) is 0. The van der Waals surface area contributed by atoms with Gasteiger partial charge in [0, 0.05) is 12.5 Å². The van der Waals surface area contributed by atoms with Crippen molar-refractivity contribution in [3.8, 4) is 0 Å². The molecule has 1 aromatic carbocycles. The molecule has 2 saturated carbocycles. The van der Waals surface area contributed by atoms with Gasteiger partial charge in [0.25, 0.3) is 0 Å². The van der Waals surface area contributed by atoms with Gasteiger partial charge in [0.1, 0.15) is 0 Å². The van der Waals surface area contributed by atoms with Crippen molar-refractivity contribution in [2.24, 2.45) is 5.92 Å². The van der Waals surface area contributed by atoms with Gasteiger partial charge in [-0.1, -0.05) is 56.9 Å². The largest absolute Gasteiger partial charge is 0.316 e. The van der Waals surface area contributed by atoms with E-state index >= 15 is 0 Å². The summed E-state index contributed by atoms with van der Waals surface area (Å²) in [4.78, 5) is 0. The molecule has 124 valence electrons. The fourth-order valence-electron chi connectivity index (χ4n) is 5.24. The molecule has 4 rings (SSSR count). The van der Waals surface area contributed by atoms with Crippen LogP contribution in [0, 0.1) is 5.92 Å². The van der Waals surface area contributed by atoms with Crippen LogP contribution in [0.4, 0.5) is 0 Å². The lowest BCUT2D eigenvalue weighted by atomic mass is 9.84. The van der Waals surface area contributed by atoms with E-state index in [9.17, 15) is 0 Å². The summed E-state index contributed by atoms with van der Waals surface area (Å²) < 4.78 is 0. The van der Waals surface area contributed by atoms with Gasteiger partial charge >= 0.3 is 0 Å². The minimum absolute atomic E-state index is 0.599. The van der Waals surface area contributed by atoms with Crippen molar-refractivity contribution in [2.75, 3.05) is 13.1 Å². The van der Waals surface area contributed by atoms with Crippen molar-refractivity contribution >= 4 is 5.57 Å². The van der Waals surface area contributed by atoms with Gasteiger partial charge in [0.2, 0.25) is 0 Å². The van der Waals surface area contributed by atoms with E-state index in [1.807, 2.05) is 0 Å². The van der Waals surface area contributed by atoms with E-state index < -0.39 is 0 Å². The van der Waals surface area contributed by atoms with Crippen LogP contribution in [0.5, 0.6) is 0 Å². The van der Waals surface area contributed by atoms with Gasteiger partial charge < -0.3 is 5.32 Å². The van der Waals surface area contributed by atoms with E-state index in [4.69, 9.17) is 0 Å². The lowest BCUT2D eigenvalue weighted by Crippen LogP contribution is -2.19. The number of rotatable bonds is 5. The van der Waals surface area contributed by atoms with Gasteiger partial charge in [-0.2, -0.15) is 0 Å². The molecule has 0 saturated heterocycles. The Balaban J connectivity index is 1.73. The molecule has 1 aromatic rings. The van der Waals surface area contributed by atoms with Crippen molar-refractivity contribution in [1.29, 1.82) is 0 Å². The summed E-state index contributed by atoms with van der Waals surface area (Å²) in [5, 5.41) is 3.59. The molecule has 0 aromatic heterocycles. The topological polar surface area (TPSA) is 12.0 Å². The van der Waals surface area contributed by atoms with Crippen LogP contribution in [-0.4, -0.2) is 13.1 Å². The summed E-state index contributed by atoms with van der Waals surface area (Å²) >= 11 is 0. The molecule has 1 unspecified atom stereocenters. The highest BCUT2D eigenvalue weighted by Gasteiger charge is 2.33. The summed E-state index contributed by atoms with van der Waals surface area (Å²) in [6, 6.07) is 7.19. The first-order valence-corrected chi connectivity index (χ1v) is 9.94. The Morgan fingerprint density at radius 2 is 1.57 bits per heavy atom. The summed E-state index contributed by atoms with van der Waals surface area (Å²) in [5.74, 6) is 2.26. The molecule has 1 nitrogen and oxygen atoms in total. The minimum Gasteiger partial charge on any atom is -0.316 e. The first-order valence-electron chi connectivity index (χ1n) is 9.94. The highest BCUT2D eigenvalue weighted by molar-refractivity contribution is 5.79. The molecule has 0 amide bonds. The predicted octanol–water partition coefficient (Wildman–Crippen LogP) is 5.62. The smallest absolute Gasteiger partial charge is 0.0155 e. The van der Waals surface area contributed by atoms with E-state index in [0.717, 1.165) is 24.9 Å². The third-order valence-corrected chi connectivity index (χ3v) is 6.40. The molecule has 3 aliphatic carbocycles. The third kappa shape index (κ3) is 2.89. The zero-order valence-corrected chi connectivity index (χ0v) is 14.6. The molecule has 0 radical (unpaired) electrons. The molecule has 2 fully saturated rings. The van der Waals surface area contributed by atoms with Crippen molar-refractivity contribution < 1.29 is 0 Å². The van der Waals surface area contributed by atoms with Crippen molar-refractivity contribution in [1.82, 2.24) is 5.32 Å². The zero-order valence-electron chi connectivity index (χ0n) is 14.6. The molecule has 0 aliphatic heterocycles. The number of fused-ring (bicyclic) bond motifs is 1. The summed E-state index contributed by atoms with van der Waals surface area (Å²) in [6.07, 6.45) is 14.0. The van der Waals surface area contributed by atoms with Gasteiger partial charge in [-0.15, -0.1) is 0 Å². The van der Waals surface area contributed by atoms with Gasteiger partial charge in [-0.05, 0) is 66.3 Å². The minimum atomic E-state index is 0.599. The summed E-state index contributed by atoms with van der Waals surface area (Å²) in [5.41, 5.74) is 6.73. The van der Waals surface area contributed by atoms with Crippen LogP contribution in [0.15, 0.2) is 24.3 Å². The molecular formula is C22H31N. The van der Waals surface area contributed by atoms with Crippen molar-refractivity contribution in [3.05, 3.63) is 41.0 Å². The maximum Gasteiger partial charge on any atom is 0.0155 e. The average molecular weight is 309 g/mol. The van der Waals surface area contributed by atoms with Crippen LogP contribution in [-0.2, 0) is 0 Å². The molecular weight excluding hydrogens is 278 g/mol. The van der Waals surface area contributed by atoms with Gasteiger partial charge in [-0.3, -0.25) is 0 Å². The fraction of sp³-hybridized carbons (Fsp3) is 0.636. The molecule has 23 heavy (non-hydrogen) atoms. The maximum atomic E-state index is 3.59. The second kappa shape index (κ2) is 6.81. The van der Waals surface area contributed by atoms with Gasteiger partial charge in [0.15, 0.2) is 0 Å². The number of nitrogens with one attached hydrogen (secondary N) is 1. The quantitative estimate of drug-likeness (QED) is 0.744. The lowest BCUT2D eigenvalue weighted by Gasteiger charge is -2.21. The Morgan fingerprint density at radius 3 is 2.26 bits per heavy atom. The Morgan fingerprint density at radius 1 is 0.913 bits per heavy atom. The second-order valence-corrected chi connectivity index (χ2v) is 7.81. The second-order valence-electron chi connectivity index (χ2n) is 7.81. The van der Waals surface area contributed by atoms with E-state index in [1.54, 1.807) is 22.3 Å². The zero-order chi connectivity index (χ0) is 15.6. The monoisotopic (exact) mass is 309 g/mol. The average Bonchev–Trinajstić information content (AvgIpc) is 3.31. The Labute approximate surface area is 141 Å². The number of allylic oxidation sites excluding steroid dienone is 1. The van der Waals surface area contributed by atoms with Crippen LogP contribution >= 0.6 is 0 Å². The fourth-order valence-corrected chi connectivity index (χ4v) is 5.24. The lowest BCUT2D eigenvalue weighted by molar-refractivity contribution is 0.671. The van der Waals surface area contributed by atoms with Gasteiger partial charge in [-0.25, -0.2) is 0 Å². The Kier molecular flexibility index (Phi) is 4.57. The van der Waals surface area contributed by atoms with Crippen LogP contribution in [0.25, 0.3) is 5.57 Å². The maximum absolute atomic E-state index is 3.59. The number of likely N-dealkylation sites (N-methyl/N-ethyl adjacent to an activating group) is 1. The summed E-state index contributed by atoms with van der Waals surface area (Å²) in [6.45, 7) is 4.39. The SMILES string of the molecule is CCNCC1C=C(C2CCCC2)c2c1cccc2C1CCCC1. The van der Waals surface area contributed by atoms with E-state index in [-0.39, 0.29) is 0 Å². The van der Waals surface area contributed by atoms with E-state index in [2.05, 4.69) is 36.5 Å². The highest BCUT2D eigenvalue weighted by Crippen LogP contribution is 2.49. The Bertz CT molecular complexity index is 574. The third-order valence-electron chi connectivity index (χ3n) is 6.40. The molecule has 1 atom stereocenters. The van der Waals surface area contributed by atoms with Gasteiger partial charge in [0.05, 0.1) is 0 Å². The molecule has 1 heteroatoms. The predicted molar refractivity (Wildman–Crippen MR) is 98.9 cm³/mol.